The molecule has 138 valence electrons. The van der Waals surface area contributed by atoms with E-state index in [9.17, 15) is 9.59 Å². The third kappa shape index (κ3) is 3.99. The molecule has 0 aliphatic carbocycles. The number of aromatic nitrogens is 3. The molecular weight excluding hydrogens is 336 g/mol. The molecular formula is C17H22N6O3. The lowest BCUT2D eigenvalue weighted by Gasteiger charge is -2.17. The summed E-state index contributed by atoms with van der Waals surface area (Å²) in [5, 5.41) is 16.5. The van der Waals surface area contributed by atoms with E-state index in [1.165, 1.54) is 11.8 Å². The average molecular weight is 358 g/mol. The smallest absolute Gasteiger partial charge is 0.320 e. The molecule has 2 aromatic heterocycles. The second kappa shape index (κ2) is 7.52. The van der Waals surface area contributed by atoms with E-state index in [4.69, 9.17) is 16.6 Å². The van der Waals surface area contributed by atoms with Gasteiger partial charge in [0.2, 0.25) is 0 Å². The summed E-state index contributed by atoms with van der Waals surface area (Å²) in [6.07, 6.45) is 4.24. The normalized spacial score (nSPS) is 14.3. The number of carboxylic acids is 1. The molecule has 0 radical (unpaired) electrons. The third-order valence-corrected chi connectivity index (χ3v) is 4.38. The van der Waals surface area contributed by atoms with Gasteiger partial charge in [0.1, 0.15) is 11.9 Å². The SMILES string of the molecule is NC(=O)c1cn(CCc2ccc3c(n2)NCCC3)nc1C[C@H](N)C(=O)O. The number of pyridine rings is 1. The summed E-state index contributed by atoms with van der Waals surface area (Å²) in [6, 6.07) is 2.94. The van der Waals surface area contributed by atoms with Crippen LogP contribution in [0.5, 0.6) is 0 Å². The fourth-order valence-electron chi connectivity index (χ4n) is 2.97. The molecule has 0 saturated heterocycles. The molecule has 1 aliphatic rings. The predicted octanol–water partition coefficient (Wildman–Crippen LogP) is -0.0678. The molecule has 1 aliphatic heterocycles. The van der Waals surface area contributed by atoms with Crippen molar-refractivity contribution in [2.45, 2.75) is 38.3 Å². The summed E-state index contributed by atoms with van der Waals surface area (Å²) in [5.41, 5.74) is 13.5. The summed E-state index contributed by atoms with van der Waals surface area (Å²) in [4.78, 5) is 27.1. The van der Waals surface area contributed by atoms with E-state index in [0.29, 0.717) is 18.7 Å². The van der Waals surface area contributed by atoms with Crippen molar-refractivity contribution in [3.63, 3.8) is 0 Å². The van der Waals surface area contributed by atoms with Crippen molar-refractivity contribution in [3.05, 3.63) is 40.8 Å². The molecule has 0 aromatic carbocycles. The molecule has 6 N–H and O–H groups in total. The highest BCUT2D eigenvalue weighted by atomic mass is 16.4. The number of nitrogens with two attached hydrogens (primary N) is 2. The van der Waals surface area contributed by atoms with Crippen molar-refractivity contribution in [1.82, 2.24) is 14.8 Å². The number of carbonyl (C=O) groups excluding carboxylic acids is 1. The number of fused-ring (bicyclic) bond motifs is 1. The van der Waals surface area contributed by atoms with Gasteiger partial charge < -0.3 is 21.9 Å². The number of nitrogens with zero attached hydrogens (tertiary/aromatic N) is 3. The van der Waals surface area contributed by atoms with Gasteiger partial charge in [0.05, 0.1) is 11.3 Å². The quantitative estimate of drug-likeness (QED) is 0.541. The Labute approximate surface area is 150 Å². The molecule has 1 amide bonds. The minimum atomic E-state index is -1.15. The topological polar surface area (TPSA) is 149 Å². The van der Waals surface area contributed by atoms with Gasteiger partial charge in [-0.2, -0.15) is 5.10 Å². The Morgan fingerprint density at radius 1 is 1.38 bits per heavy atom. The first-order chi connectivity index (χ1) is 12.4. The van der Waals surface area contributed by atoms with Gasteiger partial charge >= 0.3 is 5.97 Å². The lowest BCUT2D eigenvalue weighted by molar-refractivity contribution is -0.138. The van der Waals surface area contributed by atoms with Gasteiger partial charge in [-0.05, 0) is 24.5 Å². The molecule has 9 heteroatoms. The van der Waals surface area contributed by atoms with E-state index < -0.39 is 17.9 Å². The van der Waals surface area contributed by atoms with Crippen molar-refractivity contribution < 1.29 is 14.7 Å². The summed E-state index contributed by atoms with van der Waals surface area (Å²) in [6.45, 7) is 1.42. The highest BCUT2D eigenvalue weighted by Crippen LogP contribution is 2.20. The fraction of sp³-hybridized carbons (Fsp3) is 0.412. The second-order valence-corrected chi connectivity index (χ2v) is 6.36. The molecule has 2 aromatic rings. The van der Waals surface area contributed by atoms with Crippen LogP contribution in [0.1, 0.15) is 33.7 Å². The number of carboxylic acid groups (broad SMARTS) is 1. The van der Waals surface area contributed by atoms with Crippen molar-refractivity contribution >= 4 is 17.7 Å². The van der Waals surface area contributed by atoms with Crippen LogP contribution in [0.25, 0.3) is 0 Å². The number of hydrogen-bond donors (Lipinski definition) is 4. The van der Waals surface area contributed by atoms with E-state index in [1.807, 2.05) is 6.07 Å². The van der Waals surface area contributed by atoms with E-state index in [2.05, 4.69) is 21.5 Å². The Morgan fingerprint density at radius 2 is 2.19 bits per heavy atom. The fourth-order valence-corrected chi connectivity index (χ4v) is 2.97. The zero-order chi connectivity index (χ0) is 18.7. The lowest BCUT2D eigenvalue weighted by Crippen LogP contribution is -2.33. The first-order valence-electron chi connectivity index (χ1n) is 8.51. The molecule has 0 saturated carbocycles. The van der Waals surface area contributed by atoms with Crippen LogP contribution in [-0.2, 0) is 30.6 Å². The molecule has 3 heterocycles. The van der Waals surface area contributed by atoms with E-state index in [-0.39, 0.29) is 12.0 Å². The summed E-state index contributed by atoms with van der Waals surface area (Å²) in [7, 11) is 0. The summed E-state index contributed by atoms with van der Waals surface area (Å²) in [5.74, 6) is -0.874. The number of hydrogen-bond acceptors (Lipinski definition) is 6. The van der Waals surface area contributed by atoms with Gasteiger partial charge in [-0.15, -0.1) is 0 Å². The van der Waals surface area contributed by atoms with Crippen LogP contribution in [0.4, 0.5) is 5.82 Å². The van der Waals surface area contributed by atoms with E-state index in [0.717, 1.165) is 30.9 Å². The van der Waals surface area contributed by atoms with Crippen molar-refractivity contribution in [1.29, 1.82) is 0 Å². The Balaban J connectivity index is 1.71. The number of rotatable bonds is 7. The van der Waals surface area contributed by atoms with Gasteiger partial charge in [-0.25, -0.2) is 4.98 Å². The molecule has 1 atom stereocenters. The van der Waals surface area contributed by atoms with Crippen LogP contribution in [-0.4, -0.2) is 44.3 Å². The highest BCUT2D eigenvalue weighted by Gasteiger charge is 2.20. The zero-order valence-electron chi connectivity index (χ0n) is 14.3. The largest absolute Gasteiger partial charge is 0.480 e. The Bertz CT molecular complexity index is 832. The maximum absolute atomic E-state index is 11.6. The van der Waals surface area contributed by atoms with Gasteiger partial charge in [-0.1, -0.05) is 6.07 Å². The third-order valence-electron chi connectivity index (χ3n) is 4.38. The number of aliphatic carboxylic acids is 1. The van der Waals surface area contributed by atoms with Crippen LogP contribution >= 0.6 is 0 Å². The van der Waals surface area contributed by atoms with Crippen LogP contribution in [0.3, 0.4) is 0 Å². The number of anilines is 1. The van der Waals surface area contributed by atoms with Gasteiger partial charge in [0.25, 0.3) is 5.91 Å². The van der Waals surface area contributed by atoms with Crippen LogP contribution < -0.4 is 16.8 Å². The number of carbonyl (C=O) groups is 2. The molecule has 0 fully saturated rings. The molecule has 9 nitrogen and oxygen atoms in total. The molecule has 0 spiro atoms. The number of amides is 1. The predicted molar refractivity (Wildman–Crippen MR) is 94.8 cm³/mol. The van der Waals surface area contributed by atoms with Crippen molar-refractivity contribution in [3.8, 4) is 0 Å². The summed E-state index contributed by atoms with van der Waals surface area (Å²) < 4.78 is 1.58. The second-order valence-electron chi connectivity index (χ2n) is 6.36. The van der Waals surface area contributed by atoms with Gasteiger partial charge in [0.15, 0.2) is 0 Å². The summed E-state index contributed by atoms with van der Waals surface area (Å²) >= 11 is 0. The van der Waals surface area contributed by atoms with Crippen LogP contribution in [0.2, 0.25) is 0 Å². The molecule has 3 rings (SSSR count). The Hall–Kier alpha value is -2.94. The Morgan fingerprint density at radius 3 is 2.92 bits per heavy atom. The highest BCUT2D eigenvalue weighted by molar-refractivity contribution is 5.93. The minimum absolute atomic E-state index is 0.0539. The maximum Gasteiger partial charge on any atom is 0.320 e. The maximum atomic E-state index is 11.6. The number of nitrogens with one attached hydrogen (secondary N) is 1. The number of primary amides is 1. The first-order valence-corrected chi connectivity index (χ1v) is 8.51. The van der Waals surface area contributed by atoms with E-state index in [1.54, 1.807) is 4.68 Å². The first kappa shape index (κ1) is 17.9. The van der Waals surface area contributed by atoms with Crippen molar-refractivity contribution in [2.24, 2.45) is 11.5 Å². The molecule has 26 heavy (non-hydrogen) atoms. The number of aryl methyl sites for hydroxylation is 3. The monoisotopic (exact) mass is 358 g/mol. The molecule has 0 bridgehead atoms. The van der Waals surface area contributed by atoms with E-state index >= 15 is 0 Å². The van der Waals surface area contributed by atoms with Crippen molar-refractivity contribution in [2.75, 3.05) is 11.9 Å². The Kier molecular flexibility index (Phi) is 5.17. The van der Waals surface area contributed by atoms with Crippen LogP contribution in [0.15, 0.2) is 18.3 Å². The average Bonchev–Trinajstić information content (AvgIpc) is 3.02. The van der Waals surface area contributed by atoms with Crippen LogP contribution in [0, 0.1) is 0 Å². The standard InChI is InChI=1S/C17H22N6O3/c18-13(17(25)26)8-14-12(15(19)24)9-23(22-14)7-5-11-4-3-10-2-1-6-20-16(10)21-11/h3-4,9,13H,1-2,5-8,18H2,(H2,19,24)(H,20,21)(H,25,26)/t13-/m0/s1. The minimum Gasteiger partial charge on any atom is -0.480 e. The lowest BCUT2D eigenvalue weighted by atomic mass is 10.1. The van der Waals surface area contributed by atoms with Gasteiger partial charge in [0, 0.05) is 37.8 Å². The molecule has 0 unspecified atom stereocenters. The zero-order valence-corrected chi connectivity index (χ0v) is 14.3. The van der Waals surface area contributed by atoms with Gasteiger partial charge in [-0.3, -0.25) is 14.3 Å².